The molecule has 2 atom stereocenters. The van der Waals surface area contributed by atoms with Crippen molar-refractivity contribution < 1.29 is 13.2 Å². The molecule has 21 heavy (non-hydrogen) atoms. The number of rotatable bonds is 1. The Morgan fingerprint density at radius 1 is 1.19 bits per heavy atom. The van der Waals surface area contributed by atoms with Crippen LogP contribution >= 0.6 is 0 Å². The van der Waals surface area contributed by atoms with Crippen LogP contribution in [0.4, 0.5) is 13.2 Å². The van der Waals surface area contributed by atoms with Crippen LogP contribution in [0.25, 0.3) is 0 Å². The quantitative estimate of drug-likeness (QED) is 0.730. The van der Waals surface area contributed by atoms with Gasteiger partial charge in [0.15, 0.2) is 5.54 Å². The summed E-state index contributed by atoms with van der Waals surface area (Å²) in [5, 5.41) is 9.29. The van der Waals surface area contributed by atoms with Gasteiger partial charge in [-0.15, -0.1) is 0 Å². The predicted octanol–water partition coefficient (Wildman–Crippen LogP) is 4.06. The summed E-state index contributed by atoms with van der Waals surface area (Å²) in [5.74, 6) is -1.23. The third-order valence-electron chi connectivity index (χ3n) is 5.57. The lowest BCUT2D eigenvalue weighted by molar-refractivity contribution is -0.235. The topological polar surface area (TPSA) is 27.0 Å². The smallest absolute Gasteiger partial charge is 0.279 e. The van der Waals surface area contributed by atoms with Crippen LogP contribution in [-0.4, -0.2) is 28.7 Å². The molecule has 2 aliphatic rings. The van der Waals surface area contributed by atoms with E-state index in [1.54, 1.807) is 0 Å². The van der Waals surface area contributed by atoms with Crippen LogP contribution in [0.15, 0.2) is 24.3 Å². The maximum atomic E-state index is 14.0. The lowest BCUT2D eigenvalue weighted by Crippen LogP contribution is -2.67. The van der Waals surface area contributed by atoms with Gasteiger partial charge in [0.25, 0.3) is 0 Å². The van der Waals surface area contributed by atoms with Crippen LogP contribution in [0.1, 0.15) is 34.1 Å². The first kappa shape index (κ1) is 16.1. The highest BCUT2D eigenvalue weighted by Crippen LogP contribution is 2.55. The van der Waals surface area contributed by atoms with Crippen LogP contribution in [0.2, 0.25) is 0 Å². The molecule has 0 aromatic heterocycles. The molecule has 2 unspecified atom stereocenters. The SMILES string of the molecule is CC1(C)CCN(C2(C(F)(F)F)C=CC=CC2C#N)C1(C)C. The summed E-state index contributed by atoms with van der Waals surface area (Å²) in [7, 11) is 0. The van der Waals surface area contributed by atoms with E-state index < -0.39 is 23.2 Å². The number of alkyl halides is 3. The summed E-state index contributed by atoms with van der Waals surface area (Å²) >= 11 is 0. The van der Waals surface area contributed by atoms with Crippen molar-refractivity contribution in [1.82, 2.24) is 4.90 Å². The van der Waals surface area contributed by atoms with E-state index in [2.05, 4.69) is 0 Å². The summed E-state index contributed by atoms with van der Waals surface area (Å²) < 4.78 is 42.0. The first-order valence-corrected chi connectivity index (χ1v) is 7.11. The van der Waals surface area contributed by atoms with Gasteiger partial charge in [0.1, 0.15) is 0 Å². The number of likely N-dealkylation sites (tertiary alicyclic amines) is 1. The third-order valence-corrected chi connectivity index (χ3v) is 5.57. The van der Waals surface area contributed by atoms with Crippen molar-refractivity contribution in [2.24, 2.45) is 11.3 Å². The molecule has 1 aliphatic carbocycles. The number of allylic oxidation sites excluding steroid dienone is 2. The number of halogens is 3. The van der Waals surface area contributed by atoms with Gasteiger partial charge < -0.3 is 0 Å². The van der Waals surface area contributed by atoms with Gasteiger partial charge in [-0.2, -0.15) is 18.4 Å². The maximum Gasteiger partial charge on any atom is 0.412 e. The highest BCUT2D eigenvalue weighted by Gasteiger charge is 2.67. The van der Waals surface area contributed by atoms with Gasteiger partial charge in [0.2, 0.25) is 0 Å². The second-order valence-electron chi connectivity index (χ2n) is 7.02. The van der Waals surface area contributed by atoms with Gasteiger partial charge >= 0.3 is 6.18 Å². The molecule has 0 N–H and O–H groups in total. The first-order chi connectivity index (χ1) is 9.50. The Kier molecular flexibility index (Phi) is 3.53. The minimum Gasteiger partial charge on any atom is -0.279 e. The van der Waals surface area contributed by atoms with Crippen molar-refractivity contribution in [1.29, 1.82) is 5.26 Å². The number of nitriles is 1. The van der Waals surface area contributed by atoms with Gasteiger partial charge in [-0.1, -0.05) is 38.2 Å². The second-order valence-corrected chi connectivity index (χ2v) is 7.02. The molecule has 0 aromatic rings. The van der Waals surface area contributed by atoms with E-state index >= 15 is 0 Å². The van der Waals surface area contributed by atoms with Gasteiger partial charge in [0, 0.05) is 12.1 Å². The van der Waals surface area contributed by atoms with E-state index in [9.17, 15) is 18.4 Å². The van der Waals surface area contributed by atoms with E-state index in [1.165, 1.54) is 23.1 Å². The van der Waals surface area contributed by atoms with Crippen molar-refractivity contribution in [2.75, 3.05) is 6.54 Å². The Bertz CT molecular complexity index is 523. The molecule has 1 fully saturated rings. The van der Waals surface area contributed by atoms with Crippen LogP contribution in [-0.2, 0) is 0 Å². The highest BCUT2D eigenvalue weighted by atomic mass is 19.4. The maximum absolute atomic E-state index is 14.0. The van der Waals surface area contributed by atoms with Crippen molar-refractivity contribution in [2.45, 2.75) is 51.4 Å². The van der Waals surface area contributed by atoms with Gasteiger partial charge in [-0.3, -0.25) is 4.90 Å². The molecule has 0 spiro atoms. The second kappa shape index (κ2) is 4.61. The molecule has 0 amide bonds. The fourth-order valence-electron chi connectivity index (χ4n) is 3.44. The minimum absolute atomic E-state index is 0.250. The Labute approximate surface area is 123 Å². The Balaban J connectivity index is 2.62. The molecule has 1 aliphatic heterocycles. The summed E-state index contributed by atoms with van der Waals surface area (Å²) in [6.07, 6.45) is 1.60. The summed E-state index contributed by atoms with van der Waals surface area (Å²) in [5.41, 5.74) is -3.15. The average molecular weight is 298 g/mol. The van der Waals surface area contributed by atoms with E-state index in [-0.39, 0.29) is 5.41 Å². The molecule has 116 valence electrons. The molecule has 1 saturated heterocycles. The summed E-state index contributed by atoms with van der Waals surface area (Å²) in [6.45, 7) is 7.99. The number of hydrogen-bond acceptors (Lipinski definition) is 2. The lowest BCUT2D eigenvalue weighted by atomic mass is 9.71. The molecule has 0 bridgehead atoms. The van der Waals surface area contributed by atoms with Crippen molar-refractivity contribution in [3.05, 3.63) is 24.3 Å². The van der Waals surface area contributed by atoms with Crippen LogP contribution in [0.5, 0.6) is 0 Å². The zero-order chi connectivity index (χ0) is 16.1. The van der Waals surface area contributed by atoms with Crippen LogP contribution < -0.4 is 0 Å². The summed E-state index contributed by atoms with van der Waals surface area (Å²) in [4.78, 5) is 1.48. The number of hydrogen-bond donors (Lipinski definition) is 0. The number of nitrogens with zero attached hydrogens (tertiary/aromatic N) is 2. The first-order valence-electron chi connectivity index (χ1n) is 7.11. The van der Waals surface area contributed by atoms with Crippen LogP contribution in [0, 0.1) is 22.7 Å². The molecule has 0 aromatic carbocycles. The zero-order valence-corrected chi connectivity index (χ0v) is 12.8. The van der Waals surface area contributed by atoms with Crippen molar-refractivity contribution in [3.63, 3.8) is 0 Å². The standard InChI is InChI=1S/C16H21F3N2/c1-13(2)9-10-21(14(13,3)4)15(16(17,18)19)8-6-5-7-12(15)11-20/h5-8,12H,9-10H2,1-4H3. The Morgan fingerprint density at radius 3 is 2.24 bits per heavy atom. The Hall–Kier alpha value is -1.28. The average Bonchev–Trinajstić information content (AvgIpc) is 2.58. The van der Waals surface area contributed by atoms with Crippen LogP contribution in [0.3, 0.4) is 0 Å². The molecule has 0 radical (unpaired) electrons. The van der Waals surface area contributed by atoms with E-state index in [0.717, 1.165) is 6.08 Å². The van der Waals surface area contributed by atoms with Gasteiger partial charge in [-0.25, -0.2) is 0 Å². The van der Waals surface area contributed by atoms with E-state index in [1.807, 2.05) is 33.8 Å². The van der Waals surface area contributed by atoms with Gasteiger partial charge in [-0.05, 0) is 25.7 Å². The molecule has 2 nitrogen and oxygen atoms in total. The monoisotopic (exact) mass is 298 g/mol. The molecular formula is C16H21F3N2. The molecule has 0 saturated carbocycles. The molecule has 2 rings (SSSR count). The van der Waals surface area contributed by atoms with Crippen molar-refractivity contribution in [3.8, 4) is 6.07 Å². The van der Waals surface area contributed by atoms with Gasteiger partial charge in [0.05, 0.1) is 12.0 Å². The fourth-order valence-corrected chi connectivity index (χ4v) is 3.44. The molecular weight excluding hydrogens is 277 g/mol. The largest absolute Gasteiger partial charge is 0.412 e. The zero-order valence-electron chi connectivity index (χ0n) is 12.8. The normalized spacial score (nSPS) is 34.9. The van der Waals surface area contributed by atoms with Crippen molar-refractivity contribution >= 4 is 0 Å². The predicted molar refractivity (Wildman–Crippen MR) is 75.4 cm³/mol. The molecule has 1 heterocycles. The highest BCUT2D eigenvalue weighted by molar-refractivity contribution is 5.34. The summed E-state index contributed by atoms with van der Waals surface area (Å²) in [6, 6.07) is 1.84. The fraction of sp³-hybridized carbons (Fsp3) is 0.688. The lowest BCUT2D eigenvalue weighted by Gasteiger charge is -2.52. The minimum atomic E-state index is -4.51. The molecule has 5 heteroatoms. The van der Waals surface area contributed by atoms with E-state index in [0.29, 0.717) is 13.0 Å². The Morgan fingerprint density at radius 2 is 1.81 bits per heavy atom. The third kappa shape index (κ3) is 2.03. The van der Waals surface area contributed by atoms with E-state index in [4.69, 9.17) is 0 Å².